The van der Waals surface area contributed by atoms with Crippen molar-refractivity contribution in [2.75, 3.05) is 0 Å². The number of nitrogens with zero attached hydrogens (tertiary/aromatic N) is 1. The quantitative estimate of drug-likeness (QED) is 0.548. The van der Waals surface area contributed by atoms with Gasteiger partial charge in [-0.15, -0.1) is 0 Å². The minimum absolute atomic E-state index is 0.227. The van der Waals surface area contributed by atoms with Crippen molar-refractivity contribution < 1.29 is 4.79 Å². The van der Waals surface area contributed by atoms with E-state index in [1.54, 1.807) is 6.07 Å². The highest BCUT2D eigenvalue weighted by Crippen LogP contribution is 2.25. The van der Waals surface area contributed by atoms with Crippen molar-refractivity contribution in [3.8, 4) is 0 Å². The second-order valence-electron chi connectivity index (χ2n) is 3.41. The molecule has 4 heteroatoms. The van der Waals surface area contributed by atoms with Gasteiger partial charge in [-0.05, 0) is 48.9 Å². The van der Waals surface area contributed by atoms with Gasteiger partial charge >= 0.3 is 0 Å². The summed E-state index contributed by atoms with van der Waals surface area (Å²) >= 11 is 11.2. The molecule has 0 unspecified atom stereocenters. The number of hydrogen-bond acceptors (Lipinski definition) is 2. The normalized spacial score (nSPS) is 15.0. The van der Waals surface area contributed by atoms with Crippen LogP contribution in [0.2, 0.25) is 5.15 Å². The van der Waals surface area contributed by atoms with Crippen molar-refractivity contribution in [3.05, 3.63) is 28.0 Å². The van der Waals surface area contributed by atoms with Crippen LogP contribution in [0.5, 0.6) is 0 Å². The van der Waals surface area contributed by atoms with Gasteiger partial charge < -0.3 is 0 Å². The van der Waals surface area contributed by atoms with E-state index in [1.165, 1.54) is 0 Å². The van der Waals surface area contributed by atoms with Crippen LogP contribution in [0.15, 0.2) is 6.07 Å². The minimum Gasteiger partial charge on any atom is -0.275 e. The first-order chi connectivity index (χ1) is 6.68. The number of aryl methyl sites for hydroxylation is 2. The maximum atomic E-state index is 11.0. The Balaban J connectivity index is 2.50. The van der Waals surface area contributed by atoms with E-state index in [1.807, 2.05) is 0 Å². The van der Waals surface area contributed by atoms with Gasteiger partial charge in [0.2, 0.25) is 0 Å². The lowest BCUT2D eigenvalue weighted by atomic mass is 9.95. The zero-order valence-corrected chi connectivity index (χ0v) is 9.03. The zero-order chi connectivity index (χ0) is 10.1. The van der Waals surface area contributed by atoms with Gasteiger partial charge in [-0.3, -0.25) is 4.79 Å². The molecule has 0 atom stereocenters. The molecule has 1 aliphatic carbocycles. The Morgan fingerprint density at radius 3 is 2.79 bits per heavy atom. The molecule has 2 nitrogen and oxygen atoms in total. The number of fused-ring (bicyclic) bond motifs is 1. The summed E-state index contributed by atoms with van der Waals surface area (Å²) in [5.74, 6) is 0. The molecule has 1 aromatic heterocycles. The standard InChI is InChI=1S/C10H9Cl2NO/c11-9-7(10(12)14)5-6-3-1-2-4-8(6)13-9/h5H,1-4H2. The molecule has 0 amide bonds. The highest BCUT2D eigenvalue weighted by molar-refractivity contribution is 6.68. The molecule has 1 aromatic rings. The zero-order valence-electron chi connectivity index (χ0n) is 7.52. The third-order valence-corrected chi connectivity index (χ3v) is 2.96. The van der Waals surface area contributed by atoms with E-state index in [-0.39, 0.29) is 5.15 Å². The second kappa shape index (κ2) is 3.87. The fourth-order valence-electron chi connectivity index (χ4n) is 1.75. The number of hydrogen-bond donors (Lipinski definition) is 0. The Hall–Kier alpha value is -0.600. The first-order valence-electron chi connectivity index (χ1n) is 4.56. The molecule has 0 spiro atoms. The van der Waals surface area contributed by atoms with Crippen molar-refractivity contribution in [1.82, 2.24) is 4.98 Å². The molecule has 0 bridgehead atoms. The van der Waals surface area contributed by atoms with Gasteiger partial charge in [0, 0.05) is 5.69 Å². The Morgan fingerprint density at radius 1 is 1.36 bits per heavy atom. The van der Waals surface area contributed by atoms with Gasteiger partial charge in [-0.2, -0.15) is 0 Å². The van der Waals surface area contributed by atoms with Crippen molar-refractivity contribution in [2.45, 2.75) is 25.7 Å². The third-order valence-electron chi connectivity index (χ3n) is 2.47. The molecule has 14 heavy (non-hydrogen) atoms. The lowest BCUT2D eigenvalue weighted by molar-refractivity contribution is 0.108. The van der Waals surface area contributed by atoms with E-state index in [0.717, 1.165) is 36.9 Å². The third kappa shape index (κ3) is 1.77. The Labute approximate surface area is 92.2 Å². The second-order valence-corrected chi connectivity index (χ2v) is 4.11. The summed E-state index contributed by atoms with van der Waals surface area (Å²) in [4.78, 5) is 15.2. The molecule has 0 saturated carbocycles. The molecular weight excluding hydrogens is 221 g/mol. The van der Waals surface area contributed by atoms with Crippen molar-refractivity contribution in [1.29, 1.82) is 0 Å². The van der Waals surface area contributed by atoms with Crippen LogP contribution in [0.3, 0.4) is 0 Å². The molecule has 0 fully saturated rings. The van der Waals surface area contributed by atoms with Gasteiger partial charge in [0.1, 0.15) is 5.15 Å². The first kappa shape index (κ1) is 9.94. The van der Waals surface area contributed by atoms with Gasteiger partial charge in [-0.1, -0.05) is 11.6 Å². The van der Waals surface area contributed by atoms with E-state index in [9.17, 15) is 4.79 Å². The summed E-state index contributed by atoms with van der Waals surface area (Å²) < 4.78 is 0. The number of halogens is 2. The monoisotopic (exact) mass is 229 g/mol. The number of aromatic nitrogens is 1. The fourth-order valence-corrected chi connectivity index (χ4v) is 2.18. The molecule has 0 aromatic carbocycles. The fraction of sp³-hybridized carbons (Fsp3) is 0.400. The largest absolute Gasteiger partial charge is 0.275 e. The van der Waals surface area contributed by atoms with Crippen LogP contribution >= 0.6 is 23.2 Å². The van der Waals surface area contributed by atoms with Gasteiger partial charge in [-0.25, -0.2) is 4.98 Å². The summed E-state index contributed by atoms with van der Waals surface area (Å²) in [5.41, 5.74) is 2.46. The van der Waals surface area contributed by atoms with E-state index in [4.69, 9.17) is 23.2 Å². The van der Waals surface area contributed by atoms with Gasteiger partial charge in [0.25, 0.3) is 5.24 Å². The van der Waals surface area contributed by atoms with E-state index in [2.05, 4.69) is 4.98 Å². The number of carbonyl (C=O) groups excluding carboxylic acids is 1. The van der Waals surface area contributed by atoms with E-state index in [0.29, 0.717) is 5.56 Å². The molecule has 2 rings (SSSR count). The van der Waals surface area contributed by atoms with Crippen molar-refractivity contribution in [3.63, 3.8) is 0 Å². The number of rotatable bonds is 1. The lowest BCUT2D eigenvalue weighted by Crippen LogP contribution is -2.08. The molecule has 0 radical (unpaired) electrons. The van der Waals surface area contributed by atoms with Gasteiger partial charge in [0.05, 0.1) is 5.56 Å². The highest BCUT2D eigenvalue weighted by Gasteiger charge is 2.16. The predicted molar refractivity (Wildman–Crippen MR) is 56.1 cm³/mol. The minimum atomic E-state index is -0.532. The molecule has 1 aliphatic rings. The summed E-state index contributed by atoms with van der Waals surface area (Å²) in [6, 6.07) is 1.78. The maximum absolute atomic E-state index is 11.0. The Kier molecular flexibility index (Phi) is 2.75. The lowest BCUT2D eigenvalue weighted by Gasteiger charge is -2.15. The van der Waals surface area contributed by atoms with Crippen LogP contribution in [0.1, 0.15) is 34.5 Å². The number of carbonyl (C=O) groups is 1. The molecular formula is C10H9Cl2NO. The van der Waals surface area contributed by atoms with E-state index < -0.39 is 5.24 Å². The highest BCUT2D eigenvalue weighted by atomic mass is 35.5. The van der Waals surface area contributed by atoms with Crippen LogP contribution in [0.4, 0.5) is 0 Å². The van der Waals surface area contributed by atoms with Crippen LogP contribution in [-0.4, -0.2) is 10.2 Å². The average molecular weight is 230 g/mol. The van der Waals surface area contributed by atoms with Crippen molar-refractivity contribution >= 4 is 28.4 Å². The molecule has 0 N–H and O–H groups in total. The summed E-state index contributed by atoms with van der Waals surface area (Å²) in [6.07, 6.45) is 4.21. The molecule has 1 heterocycles. The maximum Gasteiger partial charge on any atom is 0.255 e. The van der Waals surface area contributed by atoms with Crippen LogP contribution < -0.4 is 0 Å². The Bertz CT molecular complexity index is 390. The predicted octanol–water partition coefficient (Wildman–Crippen LogP) is 2.99. The van der Waals surface area contributed by atoms with Crippen LogP contribution in [0, 0.1) is 0 Å². The molecule has 0 saturated heterocycles. The molecule has 0 aliphatic heterocycles. The smallest absolute Gasteiger partial charge is 0.255 e. The van der Waals surface area contributed by atoms with E-state index >= 15 is 0 Å². The van der Waals surface area contributed by atoms with Crippen LogP contribution in [0.25, 0.3) is 0 Å². The number of pyridine rings is 1. The topological polar surface area (TPSA) is 30.0 Å². The summed E-state index contributed by atoms with van der Waals surface area (Å²) in [7, 11) is 0. The molecule has 74 valence electrons. The van der Waals surface area contributed by atoms with Crippen LogP contribution in [-0.2, 0) is 12.8 Å². The first-order valence-corrected chi connectivity index (χ1v) is 5.32. The Morgan fingerprint density at radius 2 is 2.07 bits per heavy atom. The van der Waals surface area contributed by atoms with Gasteiger partial charge in [0.15, 0.2) is 0 Å². The average Bonchev–Trinajstić information content (AvgIpc) is 2.16. The SMILES string of the molecule is O=C(Cl)c1cc2c(nc1Cl)CCCC2. The summed E-state index contributed by atoms with van der Waals surface area (Å²) in [6.45, 7) is 0. The summed E-state index contributed by atoms with van der Waals surface area (Å²) in [5, 5.41) is -0.304. The van der Waals surface area contributed by atoms with Crippen molar-refractivity contribution in [2.24, 2.45) is 0 Å².